The second kappa shape index (κ2) is 5.88. The van der Waals surface area contributed by atoms with Crippen LogP contribution in [0.5, 0.6) is 5.75 Å². The summed E-state index contributed by atoms with van der Waals surface area (Å²) in [6.45, 7) is 3.65. The van der Waals surface area contributed by atoms with E-state index in [4.69, 9.17) is 34.3 Å². The molecule has 0 spiro atoms. The fourth-order valence-electron chi connectivity index (χ4n) is 3.14. The summed E-state index contributed by atoms with van der Waals surface area (Å²) in [6.07, 6.45) is 3.21. The van der Waals surface area contributed by atoms with Crippen LogP contribution in [0.4, 0.5) is 0 Å². The average Bonchev–Trinajstić information content (AvgIpc) is 2.87. The number of halogens is 1. The number of thiocarbonyl (C=S) groups is 1. The van der Waals surface area contributed by atoms with Crippen molar-refractivity contribution in [2.75, 3.05) is 19.7 Å². The first-order valence-corrected chi connectivity index (χ1v) is 7.88. The zero-order chi connectivity index (χ0) is 14.1. The molecular weight excluding hydrogens is 292 g/mol. The summed E-state index contributed by atoms with van der Waals surface area (Å²) < 4.78 is 5.76. The predicted molar refractivity (Wildman–Crippen MR) is 85.4 cm³/mol. The van der Waals surface area contributed by atoms with Crippen LogP contribution in [0.15, 0.2) is 12.1 Å². The fourth-order valence-corrected chi connectivity index (χ4v) is 3.59. The van der Waals surface area contributed by atoms with Crippen molar-refractivity contribution in [3.05, 3.63) is 28.3 Å². The first-order chi connectivity index (χ1) is 9.63. The predicted octanol–water partition coefficient (Wildman–Crippen LogP) is 2.77. The molecule has 1 saturated heterocycles. The van der Waals surface area contributed by atoms with Gasteiger partial charge in [0.2, 0.25) is 0 Å². The van der Waals surface area contributed by atoms with E-state index in [1.165, 1.54) is 11.1 Å². The lowest BCUT2D eigenvalue weighted by molar-refractivity contribution is 0.195. The van der Waals surface area contributed by atoms with Gasteiger partial charge in [-0.2, -0.15) is 0 Å². The lowest BCUT2D eigenvalue weighted by Gasteiger charge is -2.32. The van der Waals surface area contributed by atoms with Gasteiger partial charge in [-0.05, 0) is 37.1 Å². The van der Waals surface area contributed by atoms with Crippen LogP contribution in [0.2, 0.25) is 5.02 Å². The van der Waals surface area contributed by atoms with E-state index in [0.29, 0.717) is 10.9 Å². The van der Waals surface area contributed by atoms with Crippen molar-refractivity contribution in [2.24, 2.45) is 11.7 Å². The molecule has 0 saturated carbocycles. The van der Waals surface area contributed by atoms with Gasteiger partial charge in [-0.25, -0.2) is 0 Å². The van der Waals surface area contributed by atoms with Crippen LogP contribution in [-0.2, 0) is 13.0 Å². The summed E-state index contributed by atoms with van der Waals surface area (Å²) in [7, 11) is 0. The zero-order valence-corrected chi connectivity index (χ0v) is 13.0. The molecule has 1 atom stereocenters. The third kappa shape index (κ3) is 2.92. The molecule has 3 rings (SSSR count). The van der Waals surface area contributed by atoms with Crippen LogP contribution in [0.1, 0.15) is 24.0 Å². The molecule has 2 N–H and O–H groups in total. The van der Waals surface area contributed by atoms with Gasteiger partial charge in [-0.15, -0.1) is 0 Å². The highest BCUT2D eigenvalue weighted by molar-refractivity contribution is 7.80. The van der Waals surface area contributed by atoms with E-state index in [1.54, 1.807) is 0 Å². The maximum atomic E-state index is 6.21. The highest BCUT2D eigenvalue weighted by atomic mass is 35.5. The standard InChI is InChI=1S/C15H19ClN2OS/c16-13-6-10-3-5-19-14(10)12(7-13)9-18-4-1-2-11(8-18)15(17)20/h6-7,11H,1-5,8-9H2,(H2,17,20). The largest absolute Gasteiger partial charge is 0.493 e. The molecule has 2 aliphatic heterocycles. The van der Waals surface area contributed by atoms with E-state index in [2.05, 4.69) is 4.90 Å². The molecule has 0 bridgehead atoms. The smallest absolute Gasteiger partial charge is 0.127 e. The van der Waals surface area contributed by atoms with E-state index in [0.717, 1.165) is 56.3 Å². The first kappa shape index (κ1) is 14.1. The van der Waals surface area contributed by atoms with Crippen LogP contribution in [-0.4, -0.2) is 29.6 Å². The number of likely N-dealkylation sites (tertiary alicyclic amines) is 1. The maximum absolute atomic E-state index is 6.21. The fraction of sp³-hybridized carbons (Fsp3) is 0.533. The van der Waals surface area contributed by atoms with Gasteiger partial charge >= 0.3 is 0 Å². The van der Waals surface area contributed by atoms with E-state index in [9.17, 15) is 0 Å². The van der Waals surface area contributed by atoms with Crippen molar-refractivity contribution in [1.82, 2.24) is 4.90 Å². The van der Waals surface area contributed by atoms with Crippen molar-refractivity contribution in [3.63, 3.8) is 0 Å². The molecule has 0 aliphatic carbocycles. The third-order valence-electron chi connectivity index (χ3n) is 4.13. The molecule has 20 heavy (non-hydrogen) atoms. The Bertz CT molecular complexity index is 535. The van der Waals surface area contributed by atoms with Crippen LogP contribution in [0, 0.1) is 5.92 Å². The maximum Gasteiger partial charge on any atom is 0.127 e. The van der Waals surface area contributed by atoms with E-state index in [-0.39, 0.29) is 0 Å². The highest BCUT2D eigenvalue weighted by Gasteiger charge is 2.24. The topological polar surface area (TPSA) is 38.5 Å². The molecule has 1 unspecified atom stereocenters. The molecule has 3 nitrogen and oxygen atoms in total. The van der Waals surface area contributed by atoms with Crippen LogP contribution >= 0.6 is 23.8 Å². The minimum Gasteiger partial charge on any atom is -0.493 e. The Morgan fingerprint density at radius 1 is 1.50 bits per heavy atom. The zero-order valence-electron chi connectivity index (χ0n) is 11.4. The number of fused-ring (bicyclic) bond motifs is 1. The molecule has 1 fully saturated rings. The molecule has 1 aromatic rings. The second-order valence-electron chi connectivity index (χ2n) is 5.63. The van der Waals surface area contributed by atoms with Crippen LogP contribution in [0.25, 0.3) is 0 Å². The Hall–Kier alpha value is -0.840. The average molecular weight is 311 g/mol. The number of rotatable bonds is 3. The van der Waals surface area contributed by atoms with Crippen LogP contribution < -0.4 is 10.5 Å². The van der Waals surface area contributed by atoms with E-state index < -0.39 is 0 Å². The summed E-state index contributed by atoms with van der Waals surface area (Å²) in [5.41, 5.74) is 8.22. The number of nitrogens with zero attached hydrogens (tertiary/aromatic N) is 1. The monoisotopic (exact) mass is 310 g/mol. The molecule has 108 valence electrons. The van der Waals surface area contributed by atoms with Crippen molar-refractivity contribution in [1.29, 1.82) is 0 Å². The van der Waals surface area contributed by atoms with Gasteiger partial charge in [0.05, 0.1) is 11.6 Å². The van der Waals surface area contributed by atoms with Gasteiger partial charge in [0.25, 0.3) is 0 Å². The summed E-state index contributed by atoms with van der Waals surface area (Å²) >= 11 is 11.3. The Morgan fingerprint density at radius 3 is 3.15 bits per heavy atom. The molecule has 2 aliphatic rings. The van der Waals surface area contributed by atoms with Gasteiger partial charge in [0, 0.05) is 36.0 Å². The third-order valence-corrected chi connectivity index (χ3v) is 4.68. The molecular formula is C15H19ClN2OS. The number of hydrogen-bond acceptors (Lipinski definition) is 3. The quantitative estimate of drug-likeness (QED) is 0.871. The van der Waals surface area contributed by atoms with Crippen molar-refractivity contribution >= 4 is 28.8 Å². The van der Waals surface area contributed by atoms with Crippen LogP contribution in [0.3, 0.4) is 0 Å². The normalized spacial score (nSPS) is 22.4. The summed E-state index contributed by atoms with van der Waals surface area (Å²) in [5.74, 6) is 1.37. The Morgan fingerprint density at radius 2 is 2.35 bits per heavy atom. The van der Waals surface area contributed by atoms with E-state index >= 15 is 0 Å². The van der Waals surface area contributed by atoms with Gasteiger partial charge in [-0.1, -0.05) is 23.8 Å². The molecule has 5 heteroatoms. The lowest BCUT2D eigenvalue weighted by Crippen LogP contribution is -2.40. The summed E-state index contributed by atoms with van der Waals surface area (Å²) in [4.78, 5) is 3.04. The summed E-state index contributed by atoms with van der Waals surface area (Å²) in [5, 5.41) is 0.798. The SMILES string of the molecule is NC(=S)C1CCCN(Cc2cc(Cl)cc3c2OCC3)C1. The Kier molecular flexibility index (Phi) is 4.15. The summed E-state index contributed by atoms with van der Waals surface area (Å²) in [6, 6.07) is 4.04. The number of benzene rings is 1. The highest BCUT2D eigenvalue weighted by Crippen LogP contribution is 2.34. The number of piperidine rings is 1. The second-order valence-corrected chi connectivity index (χ2v) is 6.54. The van der Waals surface area contributed by atoms with Crippen molar-refractivity contribution in [3.8, 4) is 5.75 Å². The number of hydrogen-bond donors (Lipinski definition) is 1. The van der Waals surface area contributed by atoms with Gasteiger partial charge in [0.15, 0.2) is 0 Å². The number of ether oxygens (including phenoxy) is 1. The Balaban J connectivity index is 1.76. The molecule has 2 heterocycles. The molecule has 1 aromatic carbocycles. The first-order valence-electron chi connectivity index (χ1n) is 7.09. The lowest BCUT2D eigenvalue weighted by atomic mass is 9.97. The van der Waals surface area contributed by atoms with Gasteiger partial charge in [-0.3, -0.25) is 4.90 Å². The number of nitrogens with two attached hydrogens (primary N) is 1. The van der Waals surface area contributed by atoms with Crippen molar-refractivity contribution in [2.45, 2.75) is 25.8 Å². The molecule has 0 amide bonds. The Labute approximate surface area is 130 Å². The minimum absolute atomic E-state index is 0.340. The molecule has 0 radical (unpaired) electrons. The van der Waals surface area contributed by atoms with E-state index in [1.807, 2.05) is 12.1 Å². The van der Waals surface area contributed by atoms with Gasteiger partial charge in [0.1, 0.15) is 5.75 Å². The minimum atomic E-state index is 0.340. The van der Waals surface area contributed by atoms with Crippen molar-refractivity contribution < 1.29 is 4.74 Å². The van der Waals surface area contributed by atoms with Gasteiger partial charge < -0.3 is 10.5 Å². The molecule has 0 aromatic heterocycles.